The number of rotatable bonds is 13. The van der Waals surface area contributed by atoms with E-state index < -0.39 is 48.5 Å². The molecule has 5 rings (SSSR count). The fourth-order valence-corrected chi connectivity index (χ4v) is 6.01. The predicted octanol–water partition coefficient (Wildman–Crippen LogP) is 3.38. The number of aliphatic hydroxyl groups excluding tert-OH is 4. The van der Waals surface area contributed by atoms with Crippen molar-refractivity contribution in [3.05, 3.63) is 144 Å². The minimum Gasteiger partial charge on any atom is -0.394 e. The van der Waals surface area contributed by atoms with Gasteiger partial charge in [0.2, 0.25) is 12.1 Å². The summed E-state index contributed by atoms with van der Waals surface area (Å²) in [5.41, 5.74) is 2.65. The molecule has 1 saturated heterocycles. The molecule has 1 aliphatic rings. The van der Waals surface area contributed by atoms with E-state index in [4.69, 9.17) is 14.5 Å². The van der Waals surface area contributed by atoms with E-state index in [2.05, 4.69) is 0 Å². The Kier molecular flexibility index (Phi) is 10.6. The van der Waals surface area contributed by atoms with Crippen molar-refractivity contribution in [1.82, 2.24) is 0 Å². The summed E-state index contributed by atoms with van der Waals surface area (Å²) in [6.07, 6.45) is -6.57. The SMILES string of the molecule is OC[C@H]1OC(OOC(O)(Cc2ccccc2)C(Cc2ccccc2)(Cc2ccccc2)Cc2ccccc2)[C@H](O)[C@@H](O)[C@@H]1O. The molecular formula is C36H40O8. The molecule has 0 aromatic heterocycles. The van der Waals surface area contributed by atoms with Crippen LogP contribution < -0.4 is 0 Å². The van der Waals surface area contributed by atoms with Gasteiger partial charge >= 0.3 is 0 Å². The van der Waals surface area contributed by atoms with Crippen molar-refractivity contribution in [3.8, 4) is 0 Å². The Labute approximate surface area is 257 Å². The Balaban J connectivity index is 1.62. The second kappa shape index (κ2) is 14.6. The zero-order chi connectivity index (χ0) is 31.0. The highest BCUT2D eigenvalue weighted by molar-refractivity contribution is 5.28. The van der Waals surface area contributed by atoms with Crippen LogP contribution in [0.4, 0.5) is 0 Å². The third-order valence-corrected chi connectivity index (χ3v) is 8.40. The van der Waals surface area contributed by atoms with Crippen LogP contribution in [0.5, 0.6) is 0 Å². The smallest absolute Gasteiger partial charge is 0.220 e. The van der Waals surface area contributed by atoms with E-state index in [1.807, 2.05) is 121 Å². The van der Waals surface area contributed by atoms with E-state index in [0.29, 0.717) is 19.3 Å². The topological polar surface area (TPSA) is 129 Å². The summed E-state index contributed by atoms with van der Waals surface area (Å²) in [5, 5.41) is 54.1. The molecule has 44 heavy (non-hydrogen) atoms. The van der Waals surface area contributed by atoms with Crippen LogP contribution in [0.25, 0.3) is 0 Å². The van der Waals surface area contributed by atoms with Gasteiger partial charge in [-0.2, -0.15) is 9.78 Å². The lowest BCUT2D eigenvalue weighted by atomic mass is 9.65. The zero-order valence-electron chi connectivity index (χ0n) is 24.4. The molecule has 8 nitrogen and oxygen atoms in total. The average Bonchev–Trinajstić information content (AvgIpc) is 3.05. The molecule has 0 radical (unpaired) electrons. The number of benzene rings is 4. The molecule has 1 fully saturated rings. The van der Waals surface area contributed by atoms with Crippen molar-refractivity contribution >= 4 is 0 Å². The van der Waals surface area contributed by atoms with Crippen LogP contribution in [0, 0.1) is 5.41 Å². The van der Waals surface area contributed by atoms with Gasteiger partial charge in [0.1, 0.15) is 24.4 Å². The van der Waals surface area contributed by atoms with Gasteiger partial charge in [-0.1, -0.05) is 121 Å². The van der Waals surface area contributed by atoms with Gasteiger partial charge in [0.15, 0.2) is 0 Å². The first-order valence-electron chi connectivity index (χ1n) is 14.9. The summed E-state index contributed by atoms with van der Waals surface area (Å²) >= 11 is 0. The summed E-state index contributed by atoms with van der Waals surface area (Å²) in [6.45, 7) is -0.626. The normalized spacial score (nSPS) is 23.6. The van der Waals surface area contributed by atoms with E-state index in [0.717, 1.165) is 22.3 Å². The van der Waals surface area contributed by atoms with Crippen LogP contribution >= 0.6 is 0 Å². The summed E-state index contributed by atoms with van der Waals surface area (Å²) in [7, 11) is 0. The second-order valence-corrected chi connectivity index (χ2v) is 11.6. The first kappa shape index (κ1) is 32.0. The molecular weight excluding hydrogens is 560 g/mol. The van der Waals surface area contributed by atoms with Crippen molar-refractivity contribution in [3.63, 3.8) is 0 Å². The van der Waals surface area contributed by atoms with Crippen LogP contribution in [0.3, 0.4) is 0 Å². The zero-order valence-corrected chi connectivity index (χ0v) is 24.4. The molecule has 0 bridgehead atoms. The van der Waals surface area contributed by atoms with Crippen molar-refractivity contribution in [2.24, 2.45) is 5.41 Å². The minimum atomic E-state index is -2.03. The maximum absolute atomic E-state index is 13.0. The second-order valence-electron chi connectivity index (χ2n) is 11.6. The van der Waals surface area contributed by atoms with Crippen molar-refractivity contribution in [2.45, 2.75) is 62.2 Å². The number of ether oxygens (including phenoxy) is 1. The van der Waals surface area contributed by atoms with Crippen LogP contribution in [-0.2, 0) is 40.2 Å². The Morgan fingerprint density at radius 3 is 1.32 bits per heavy atom. The molecule has 2 unspecified atom stereocenters. The molecule has 1 aliphatic heterocycles. The molecule has 0 spiro atoms. The van der Waals surface area contributed by atoms with Gasteiger partial charge in [-0.15, -0.1) is 0 Å². The molecule has 1 heterocycles. The number of hydrogen-bond donors (Lipinski definition) is 5. The molecule has 232 valence electrons. The molecule has 6 atom stereocenters. The van der Waals surface area contributed by atoms with Gasteiger partial charge in [-0.3, -0.25) is 0 Å². The Morgan fingerprint density at radius 2 is 0.932 bits per heavy atom. The first-order valence-corrected chi connectivity index (χ1v) is 14.9. The maximum Gasteiger partial charge on any atom is 0.220 e. The Morgan fingerprint density at radius 1 is 0.545 bits per heavy atom. The fourth-order valence-electron chi connectivity index (χ4n) is 6.01. The molecule has 4 aromatic carbocycles. The number of hydrogen-bond acceptors (Lipinski definition) is 8. The molecule has 0 aliphatic carbocycles. The van der Waals surface area contributed by atoms with Crippen LogP contribution in [0.15, 0.2) is 121 Å². The Hall–Kier alpha value is -3.44. The summed E-state index contributed by atoms with van der Waals surface area (Å²) < 4.78 is 5.58. The lowest BCUT2D eigenvalue weighted by Crippen LogP contribution is -2.61. The first-order chi connectivity index (χ1) is 21.3. The quantitative estimate of drug-likeness (QED) is 0.0898. The summed E-state index contributed by atoms with van der Waals surface area (Å²) in [6, 6.07) is 39.0. The maximum atomic E-state index is 13.0. The fraction of sp³-hybridized carbons (Fsp3) is 0.333. The van der Waals surface area contributed by atoms with E-state index in [9.17, 15) is 25.5 Å². The van der Waals surface area contributed by atoms with E-state index in [1.165, 1.54) is 0 Å². The monoisotopic (exact) mass is 600 g/mol. The van der Waals surface area contributed by atoms with E-state index in [-0.39, 0.29) is 6.42 Å². The molecule has 4 aromatic rings. The highest BCUT2D eigenvalue weighted by Gasteiger charge is 2.54. The van der Waals surface area contributed by atoms with Gasteiger partial charge in [-0.05, 0) is 41.5 Å². The van der Waals surface area contributed by atoms with Crippen LogP contribution in [-0.4, -0.2) is 68.6 Å². The molecule has 0 amide bonds. The lowest BCUT2D eigenvalue weighted by molar-refractivity contribution is -0.508. The van der Waals surface area contributed by atoms with Gasteiger partial charge < -0.3 is 30.3 Å². The average molecular weight is 601 g/mol. The van der Waals surface area contributed by atoms with Crippen molar-refractivity contribution in [2.75, 3.05) is 6.61 Å². The third-order valence-electron chi connectivity index (χ3n) is 8.40. The third kappa shape index (κ3) is 7.43. The molecule has 5 N–H and O–H groups in total. The van der Waals surface area contributed by atoms with Crippen molar-refractivity contribution in [1.29, 1.82) is 0 Å². The van der Waals surface area contributed by atoms with Crippen LogP contribution in [0.2, 0.25) is 0 Å². The van der Waals surface area contributed by atoms with Gasteiger partial charge in [-0.25, -0.2) is 0 Å². The lowest BCUT2D eigenvalue weighted by Gasteiger charge is -2.48. The van der Waals surface area contributed by atoms with Crippen molar-refractivity contribution < 1.29 is 40.0 Å². The number of aliphatic hydroxyl groups is 5. The van der Waals surface area contributed by atoms with E-state index >= 15 is 0 Å². The van der Waals surface area contributed by atoms with Gasteiger partial charge in [0, 0.05) is 11.8 Å². The highest BCUT2D eigenvalue weighted by Crippen LogP contribution is 2.45. The standard InChI is InChI=1S/C36H40O8/c37-25-30-31(38)32(39)33(40)34(42-30)43-44-36(41,24-29-19-11-4-12-20-29)35(21-26-13-5-1-6-14-26,22-27-15-7-2-8-16-27)23-28-17-9-3-10-18-28/h1-20,30-34,37-41H,21-25H2/t30-,31-,32+,33-,34?,36?/m1/s1. The van der Waals surface area contributed by atoms with Gasteiger partial charge in [0.25, 0.3) is 0 Å². The molecule has 8 heteroatoms. The minimum absolute atomic E-state index is 0.0117. The van der Waals surface area contributed by atoms with Gasteiger partial charge in [0.05, 0.1) is 6.61 Å². The molecule has 0 saturated carbocycles. The highest BCUT2D eigenvalue weighted by atomic mass is 17.2. The largest absolute Gasteiger partial charge is 0.394 e. The Bertz CT molecular complexity index is 1300. The summed E-state index contributed by atoms with van der Waals surface area (Å²) in [5.74, 6) is -2.03. The van der Waals surface area contributed by atoms with Crippen LogP contribution in [0.1, 0.15) is 22.3 Å². The predicted molar refractivity (Wildman–Crippen MR) is 164 cm³/mol. The van der Waals surface area contributed by atoms with E-state index in [1.54, 1.807) is 0 Å². The summed E-state index contributed by atoms with van der Waals surface area (Å²) in [4.78, 5) is 11.8.